The minimum atomic E-state index is -0.318. The number of carbonyl (C=O) groups is 1. The van der Waals surface area contributed by atoms with Gasteiger partial charge in [0.25, 0.3) is 5.91 Å². The second-order valence-corrected chi connectivity index (χ2v) is 6.15. The number of halogens is 1. The number of hydrogen-bond donors (Lipinski definition) is 2. The molecule has 0 radical (unpaired) electrons. The average Bonchev–Trinajstić information content (AvgIpc) is 3.09. The molecule has 4 aromatic rings. The second-order valence-electron chi connectivity index (χ2n) is 4.69. The second kappa shape index (κ2) is 5.08. The van der Waals surface area contributed by atoms with E-state index in [4.69, 9.17) is 11.6 Å². The Bertz CT molecular complexity index is 974. The Morgan fingerprint density at radius 2 is 2.00 bits per heavy atom. The summed E-state index contributed by atoms with van der Waals surface area (Å²) in [5, 5.41) is 3.89. The van der Waals surface area contributed by atoms with Crippen LogP contribution in [0.4, 0.5) is 5.13 Å². The van der Waals surface area contributed by atoms with Gasteiger partial charge in [0.2, 0.25) is 0 Å². The monoisotopic (exact) mass is 328 g/mol. The lowest BCUT2D eigenvalue weighted by molar-refractivity contribution is 0.101. The first-order valence-corrected chi connectivity index (χ1v) is 7.71. The molecule has 0 atom stereocenters. The number of imidazole rings is 1. The van der Waals surface area contributed by atoms with Crippen LogP contribution in [-0.2, 0) is 0 Å². The summed E-state index contributed by atoms with van der Waals surface area (Å²) < 4.78 is 0.962. The Morgan fingerprint density at radius 3 is 2.86 bits per heavy atom. The summed E-state index contributed by atoms with van der Waals surface area (Å²) >= 11 is 7.33. The number of amides is 1. The first kappa shape index (κ1) is 13.2. The molecule has 108 valence electrons. The number of nitrogens with zero attached hydrogens (tertiary/aromatic N) is 2. The van der Waals surface area contributed by atoms with Crippen LogP contribution >= 0.6 is 22.9 Å². The number of thiazole rings is 1. The largest absolute Gasteiger partial charge is 0.334 e. The van der Waals surface area contributed by atoms with Crippen molar-refractivity contribution < 1.29 is 4.79 Å². The first-order valence-electron chi connectivity index (χ1n) is 6.51. The quantitative estimate of drug-likeness (QED) is 0.582. The SMILES string of the molecule is O=C(Nc1nc2cc(Cl)ccc2s1)c1nc2ccccc2[nH]1. The Hall–Kier alpha value is -2.44. The summed E-state index contributed by atoms with van der Waals surface area (Å²) in [4.78, 5) is 23.9. The van der Waals surface area contributed by atoms with Crippen LogP contribution in [0.5, 0.6) is 0 Å². The maximum atomic E-state index is 12.3. The van der Waals surface area contributed by atoms with Crippen molar-refractivity contribution in [2.45, 2.75) is 0 Å². The number of aromatic amines is 1. The molecule has 2 N–H and O–H groups in total. The number of carbonyl (C=O) groups excluding carboxylic acids is 1. The van der Waals surface area contributed by atoms with E-state index in [1.807, 2.05) is 30.3 Å². The zero-order valence-corrected chi connectivity index (χ0v) is 12.7. The molecule has 0 aliphatic carbocycles. The highest BCUT2D eigenvalue weighted by Gasteiger charge is 2.14. The first-order chi connectivity index (χ1) is 10.7. The summed E-state index contributed by atoms with van der Waals surface area (Å²) in [5.74, 6) is -0.0557. The fourth-order valence-corrected chi connectivity index (χ4v) is 3.18. The molecule has 2 aromatic carbocycles. The zero-order chi connectivity index (χ0) is 15.1. The molecule has 0 spiro atoms. The van der Waals surface area contributed by atoms with E-state index in [0.717, 1.165) is 21.3 Å². The minimum absolute atomic E-state index is 0.262. The maximum absolute atomic E-state index is 12.3. The number of nitrogens with one attached hydrogen (secondary N) is 2. The third-order valence-corrected chi connectivity index (χ3v) is 4.36. The molecule has 4 rings (SSSR count). The van der Waals surface area contributed by atoms with E-state index in [-0.39, 0.29) is 11.7 Å². The van der Waals surface area contributed by atoms with E-state index in [1.54, 1.807) is 12.1 Å². The minimum Gasteiger partial charge on any atom is -0.334 e. The van der Waals surface area contributed by atoms with Crippen molar-refractivity contribution in [2.24, 2.45) is 0 Å². The van der Waals surface area contributed by atoms with Gasteiger partial charge in [0.05, 0.1) is 21.3 Å². The molecule has 0 saturated heterocycles. The van der Waals surface area contributed by atoms with E-state index in [0.29, 0.717) is 10.2 Å². The van der Waals surface area contributed by atoms with Crippen molar-refractivity contribution in [1.29, 1.82) is 0 Å². The standard InChI is InChI=1S/C15H9ClN4OS/c16-8-5-6-12-11(7-8)19-15(22-12)20-14(21)13-17-9-3-1-2-4-10(9)18-13/h1-7H,(H,17,18)(H,19,20,21). The third-order valence-electron chi connectivity index (χ3n) is 3.17. The van der Waals surface area contributed by atoms with Gasteiger partial charge < -0.3 is 4.98 Å². The van der Waals surface area contributed by atoms with Crippen LogP contribution in [0.2, 0.25) is 5.02 Å². The molecule has 7 heteroatoms. The number of rotatable bonds is 2. The average molecular weight is 329 g/mol. The summed E-state index contributed by atoms with van der Waals surface area (Å²) in [5.41, 5.74) is 2.34. The Kier molecular flexibility index (Phi) is 3.06. The van der Waals surface area contributed by atoms with Gasteiger partial charge in [-0.25, -0.2) is 9.97 Å². The normalized spacial score (nSPS) is 11.1. The van der Waals surface area contributed by atoms with E-state index >= 15 is 0 Å². The molecule has 2 heterocycles. The predicted molar refractivity (Wildman–Crippen MR) is 88.7 cm³/mol. The molecule has 22 heavy (non-hydrogen) atoms. The van der Waals surface area contributed by atoms with Crippen molar-refractivity contribution in [2.75, 3.05) is 5.32 Å². The van der Waals surface area contributed by atoms with Gasteiger partial charge in [0.15, 0.2) is 11.0 Å². The number of H-pyrrole nitrogens is 1. The molecule has 0 unspecified atom stereocenters. The van der Waals surface area contributed by atoms with Gasteiger partial charge in [-0.05, 0) is 30.3 Å². The summed E-state index contributed by atoms with van der Waals surface area (Å²) in [6, 6.07) is 12.9. The van der Waals surface area contributed by atoms with Crippen molar-refractivity contribution in [1.82, 2.24) is 15.0 Å². The van der Waals surface area contributed by atoms with Crippen LogP contribution < -0.4 is 5.32 Å². The molecular formula is C15H9ClN4OS. The van der Waals surface area contributed by atoms with Crippen molar-refractivity contribution in [3.05, 3.63) is 53.3 Å². The number of para-hydroxylation sites is 2. The summed E-state index contributed by atoms with van der Waals surface area (Å²) in [6.07, 6.45) is 0. The maximum Gasteiger partial charge on any atom is 0.293 e. The van der Waals surface area contributed by atoms with Crippen LogP contribution in [-0.4, -0.2) is 20.9 Å². The molecule has 0 aliphatic heterocycles. The van der Waals surface area contributed by atoms with Crippen LogP contribution in [0.1, 0.15) is 10.6 Å². The molecule has 0 bridgehead atoms. The molecule has 0 aliphatic rings. The fraction of sp³-hybridized carbons (Fsp3) is 0. The van der Waals surface area contributed by atoms with Gasteiger partial charge in [-0.3, -0.25) is 10.1 Å². The van der Waals surface area contributed by atoms with Gasteiger partial charge >= 0.3 is 0 Å². The van der Waals surface area contributed by atoms with Crippen LogP contribution in [0.25, 0.3) is 21.3 Å². The molecule has 2 aromatic heterocycles. The zero-order valence-electron chi connectivity index (χ0n) is 11.1. The lowest BCUT2D eigenvalue weighted by Crippen LogP contribution is -2.13. The highest BCUT2D eigenvalue weighted by atomic mass is 35.5. The van der Waals surface area contributed by atoms with Crippen molar-refractivity contribution >= 4 is 55.2 Å². The van der Waals surface area contributed by atoms with Gasteiger partial charge in [-0.15, -0.1) is 0 Å². The smallest absolute Gasteiger partial charge is 0.293 e. The summed E-state index contributed by atoms with van der Waals surface area (Å²) in [6.45, 7) is 0. The Balaban J connectivity index is 1.64. The van der Waals surface area contributed by atoms with E-state index in [2.05, 4.69) is 20.3 Å². The van der Waals surface area contributed by atoms with Crippen LogP contribution in [0.15, 0.2) is 42.5 Å². The van der Waals surface area contributed by atoms with E-state index in [9.17, 15) is 4.79 Å². The van der Waals surface area contributed by atoms with E-state index < -0.39 is 0 Å². The molecule has 1 amide bonds. The highest BCUT2D eigenvalue weighted by Crippen LogP contribution is 2.28. The molecular weight excluding hydrogens is 320 g/mol. The fourth-order valence-electron chi connectivity index (χ4n) is 2.17. The molecule has 0 fully saturated rings. The lowest BCUT2D eigenvalue weighted by atomic mass is 10.3. The van der Waals surface area contributed by atoms with Gasteiger partial charge in [0.1, 0.15) is 0 Å². The number of hydrogen-bond acceptors (Lipinski definition) is 4. The number of benzene rings is 2. The van der Waals surface area contributed by atoms with Gasteiger partial charge in [0, 0.05) is 5.02 Å². The van der Waals surface area contributed by atoms with Crippen molar-refractivity contribution in [3.63, 3.8) is 0 Å². The van der Waals surface area contributed by atoms with Gasteiger partial charge in [-0.1, -0.05) is 35.1 Å². The van der Waals surface area contributed by atoms with Gasteiger partial charge in [-0.2, -0.15) is 0 Å². The lowest BCUT2D eigenvalue weighted by Gasteiger charge is -1.96. The highest BCUT2D eigenvalue weighted by molar-refractivity contribution is 7.22. The third kappa shape index (κ3) is 2.32. The van der Waals surface area contributed by atoms with E-state index in [1.165, 1.54) is 11.3 Å². The van der Waals surface area contributed by atoms with Crippen molar-refractivity contribution in [3.8, 4) is 0 Å². The Morgan fingerprint density at radius 1 is 1.14 bits per heavy atom. The summed E-state index contributed by atoms with van der Waals surface area (Å²) in [7, 11) is 0. The predicted octanol–water partition coefficient (Wildman–Crippen LogP) is 4.08. The molecule has 5 nitrogen and oxygen atoms in total. The Labute approximate surface area is 134 Å². The number of fused-ring (bicyclic) bond motifs is 2. The molecule has 0 saturated carbocycles. The topological polar surface area (TPSA) is 70.7 Å². The number of anilines is 1. The van der Waals surface area contributed by atoms with Crippen LogP contribution in [0, 0.1) is 0 Å². The van der Waals surface area contributed by atoms with Crippen LogP contribution in [0.3, 0.4) is 0 Å². The number of aromatic nitrogens is 3.